The van der Waals surface area contributed by atoms with E-state index in [1.165, 1.54) is 0 Å². The van der Waals surface area contributed by atoms with Gasteiger partial charge in [0, 0.05) is 7.50 Å². The van der Waals surface area contributed by atoms with Gasteiger partial charge in [-0.05, 0) is 51.6 Å². The lowest BCUT2D eigenvalue weighted by Crippen LogP contribution is -2.02. The van der Waals surface area contributed by atoms with Crippen molar-refractivity contribution < 1.29 is 5.11 Å². The maximum atomic E-state index is 9.36. The van der Waals surface area contributed by atoms with Crippen LogP contribution in [0.3, 0.4) is 0 Å². The standard InChI is InChI=1S/C6H5I3O/c7-3-1-4(8)6(10)5(9)2-3/h1,3,10H,2H2. The number of allylic oxidation sites excluding steroid dienone is 3. The molecule has 1 rings (SSSR count). The lowest BCUT2D eigenvalue weighted by atomic mass is 10.2. The minimum atomic E-state index is 0.467. The van der Waals surface area contributed by atoms with Gasteiger partial charge in [0.25, 0.3) is 0 Å². The topological polar surface area (TPSA) is 20.2 Å². The molecule has 0 aromatic carbocycles. The molecule has 1 N–H and O–H groups in total. The number of aliphatic hydroxyl groups is 1. The molecule has 56 valence electrons. The van der Waals surface area contributed by atoms with Crippen LogP contribution in [0.25, 0.3) is 0 Å². The van der Waals surface area contributed by atoms with Crippen molar-refractivity contribution in [1.82, 2.24) is 0 Å². The van der Waals surface area contributed by atoms with Crippen LogP contribution in [-0.2, 0) is 0 Å². The van der Waals surface area contributed by atoms with Crippen molar-refractivity contribution in [3.63, 3.8) is 0 Å². The lowest BCUT2D eigenvalue weighted by Gasteiger charge is -2.13. The highest BCUT2D eigenvalue weighted by Crippen LogP contribution is 2.34. The molecule has 0 aliphatic heterocycles. The molecule has 1 unspecified atom stereocenters. The fourth-order valence-electron chi connectivity index (χ4n) is 0.694. The summed E-state index contributed by atoms with van der Waals surface area (Å²) in [6.07, 6.45) is 3.05. The molecule has 0 fully saturated rings. The predicted molar refractivity (Wildman–Crippen MR) is 68.2 cm³/mol. The molecule has 0 amide bonds. The van der Waals surface area contributed by atoms with Crippen LogP contribution in [0.15, 0.2) is 19.0 Å². The number of alkyl halides is 1. The molecule has 0 radical (unpaired) electrons. The fourth-order valence-corrected chi connectivity index (χ4v) is 5.07. The Morgan fingerprint density at radius 1 is 1.50 bits per heavy atom. The zero-order valence-corrected chi connectivity index (χ0v) is 11.4. The van der Waals surface area contributed by atoms with Gasteiger partial charge < -0.3 is 5.11 Å². The van der Waals surface area contributed by atoms with E-state index >= 15 is 0 Å². The molecule has 1 aliphatic rings. The van der Waals surface area contributed by atoms with E-state index in [2.05, 4.69) is 73.8 Å². The summed E-state index contributed by atoms with van der Waals surface area (Å²) in [7, 11) is 0. The van der Waals surface area contributed by atoms with Crippen molar-refractivity contribution in [3.05, 3.63) is 19.0 Å². The summed E-state index contributed by atoms with van der Waals surface area (Å²) in [5, 5.41) is 9.36. The van der Waals surface area contributed by atoms with Crippen LogP contribution >= 0.6 is 67.8 Å². The Balaban J connectivity index is 2.90. The van der Waals surface area contributed by atoms with Crippen molar-refractivity contribution in [2.45, 2.75) is 10.3 Å². The van der Waals surface area contributed by atoms with Gasteiger partial charge in [-0.25, -0.2) is 0 Å². The highest BCUT2D eigenvalue weighted by molar-refractivity contribution is 14.1. The molecule has 1 aliphatic carbocycles. The van der Waals surface area contributed by atoms with Crippen LogP contribution in [0.1, 0.15) is 6.42 Å². The normalized spacial score (nSPS) is 26.7. The minimum absolute atomic E-state index is 0.467. The van der Waals surface area contributed by atoms with Crippen LogP contribution in [0.2, 0.25) is 0 Å². The summed E-state index contributed by atoms with van der Waals surface area (Å²) in [5.41, 5.74) is 0. The summed E-state index contributed by atoms with van der Waals surface area (Å²) >= 11 is 6.72. The van der Waals surface area contributed by atoms with Gasteiger partial charge >= 0.3 is 0 Å². The van der Waals surface area contributed by atoms with Gasteiger partial charge in [0.1, 0.15) is 5.76 Å². The molecule has 1 nitrogen and oxygen atoms in total. The van der Waals surface area contributed by atoms with Crippen molar-refractivity contribution in [2.75, 3.05) is 0 Å². The summed E-state index contributed by atoms with van der Waals surface area (Å²) in [6, 6.07) is 0. The largest absolute Gasteiger partial charge is 0.506 e. The summed E-state index contributed by atoms with van der Waals surface area (Å²) in [5.74, 6) is 0.467. The van der Waals surface area contributed by atoms with Crippen LogP contribution in [-0.4, -0.2) is 9.03 Å². The zero-order valence-electron chi connectivity index (χ0n) is 4.94. The quantitative estimate of drug-likeness (QED) is 0.420. The van der Waals surface area contributed by atoms with E-state index in [1.54, 1.807) is 0 Å². The van der Waals surface area contributed by atoms with Gasteiger partial charge in [-0.1, -0.05) is 28.7 Å². The Morgan fingerprint density at radius 2 is 2.10 bits per heavy atom. The summed E-state index contributed by atoms with van der Waals surface area (Å²) in [4.78, 5) is 0. The predicted octanol–water partition coefficient (Wildman–Crippen LogP) is 3.72. The van der Waals surface area contributed by atoms with Crippen LogP contribution < -0.4 is 0 Å². The van der Waals surface area contributed by atoms with Crippen LogP contribution in [0.4, 0.5) is 0 Å². The molecular formula is C6H5I3O. The van der Waals surface area contributed by atoms with E-state index in [0.29, 0.717) is 9.68 Å². The maximum Gasteiger partial charge on any atom is 0.137 e. The third kappa shape index (κ3) is 2.23. The Bertz CT molecular complexity index is 207. The van der Waals surface area contributed by atoms with Gasteiger partial charge in [-0.2, -0.15) is 0 Å². The first-order chi connectivity index (χ1) is 4.61. The van der Waals surface area contributed by atoms with Crippen molar-refractivity contribution in [2.24, 2.45) is 0 Å². The molecule has 0 aromatic heterocycles. The summed E-state index contributed by atoms with van der Waals surface area (Å²) in [6.45, 7) is 0. The van der Waals surface area contributed by atoms with Crippen LogP contribution in [0.5, 0.6) is 0 Å². The van der Waals surface area contributed by atoms with Gasteiger partial charge in [0.2, 0.25) is 0 Å². The first kappa shape index (κ1) is 9.56. The molecule has 4 heteroatoms. The molecule has 0 aromatic rings. The average molecular weight is 474 g/mol. The second kappa shape index (κ2) is 3.92. The second-order valence-corrected chi connectivity index (χ2v) is 6.05. The minimum Gasteiger partial charge on any atom is -0.506 e. The van der Waals surface area contributed by atoms with Gasteiger partial charge in [-0.15, -0.1) is 0 Å². The Labute approximate surface area is 101 Å². The molecule has 10 heavy (non-hydrogen) atoms. The second-order valence-electron chi connectivity index (χ2n) is 1.99. The first-order valence-electron chi connectivity index (χ1n) is 2.70. The summed E-state index contributed by atoms with van der Waals surface area (Å²) < 4.78 is 2.60. The first-order valence-corrected chi connectivity index (χ1v) is 6.11. The SMILES string of the molecule is OC1=C(I)CC(I)C=C1I. The molecule has 0 saturated heterocycles. The number of aliphatic hydroxyl groups excluding tert-OH is 1. The van der Waals surface area contributed by atoms with E-state index in [0.717, 1.165) is 13.6 Å². The van der Waals surface area contributed by atoms with Crippen molar-refractivity contribution in [3.8, 4) is 0 Å². The smallest absolute Gasteiger partial charge is 0.137 e. The van der Waals surface area contributed by atoms with E-state index in [9.17, 15) is 5.11 Å². The van der Waals surface area contributed by atoms with Crippen LogP contribution in [0, 0.1) is 0 Å². The Kier molecular flexibility index (Phi) is 3.75. The molecule has 1 atom stereocenters. The van der Waals surface area contributed by atoms with Gasteiger partial charge in [0.15, 0.2) is 0 Å². The number of halogens is 3. The van der Waals surface area contributed by atoms with Crippen molar-refractivity contribution in [1.29, 1.82) is 0 Å². The fraction of sp³-hybridized carbons (Fsp3) is 0.333. The Hall–Kier alpha value is 1.47. The Morgan fingerprint density at radius 3 is 2.60 bits per heavy atom. The van der Waals surface area contributed by atoms with E-state index < -0.39 is 0 Å². The molecule has 0 spiro atoms. The average Bonchev–Trinajstić information content (AvgIpc) is 1.82. The zero-order chi connectivity index (χ0) is 7.72. The monoisotopic (exact) mass is 474 g/mol. The number of hydrogen-bond donors (Lipinski definition) is 1. The highest BCUT2D eigenvalue weighted by atomic mass is 127. The number of hydrogen-bond acceptors (Lipinski definition) is 1. The molecular weight excluding hydrogens is 469 g/mol. The van der Waals surface area contributed by atoms with Gasteiger partial charge in [-0.3, -0.25) is 0 Å². The van der Waals surface area contributed by atoms with E-state index in [-0.39, 0.29) is 0 Å². The van der Waals surface area contributed by atoms with E-state index in [1.807, 2.05) is 0 Å². The molecule has 0 saturated carbocycles. The third-order valence-electron chi connectivity index (χ3n) is 1.18. The molecule has 0 bridgehead atoms. The third-order valence-corrected chi connectivity index (χ3v) is 3.81. The lowest BCUT2D eigenvalue weighted by molar-refractivity contribution is 0.425. The van der Waals surface area contributed by atoms with Gasteiger partial charge in [0.05, 0.1) is 3.58 Å². The van der Waals surface area contributed by atoms with Crippen molar-refractivity contribution >= 4 is 67.8 Å². The highest BCUT2D eigenvalue weighted by Gasteiger charge is 2.16. The number of rotatable bonds is 0. The molecule has 0 heterocycles. The maximum absolute atomic E-state index is 9.36. The van der Waals surface area contributed by atoms with E-state index in [4.69, 9.17) is 0 Å².